The Bertz CT molecular complexity index is 1650. The quantitative estimate of drug-likeness (QED) is 0.406. The van der Waals surface area contributed by atoms with Crippen molar-refractivity contribution in [1.29, 1.82) is 0 Å². The van der Waals surface area contributed by atoms with Crippen LogP contribution in [-0.2, 0) is 19.5 Å². The van der Waals surface area contributed by atoms with Gasteiger partial charge in [-0.25, -0.2) is 23.5 Å². The lowest BCUT2D eigenvalue weighted by Crippen LogP contribution is -2.52. The van der Waals surface area contributed by atoms with Crippen LogP contribution in [-0.4, -0.2) is 62.5 Å². The molecule has 0 radical (unpaired) electrons. The van der Waals surface area contributed by atoms with E-state index in [4.69, 9.17) is 11.6 Å². The molecule has 39 heavy (non-hydrogen) atoms. The Labute approximate surface area is 227 Å². The lowest BCUT2D eigenvalue weighted by atomic mass is 10.0. The molecule has 0 aliphatic carbocycles. The largest absolute Gasteiger partial charge is 0.337 e. The van der Waals surface area contributed by atoms with Gasteiger partial charge in [-0.05, 0) is 35.4 Å². The van der Waals surface area contributed by atoms with Crippen LogP contribution in [0.15, 0.2) is 53.6 Å². The molecule has 6 rings (SSSR count). The summed E-state index contributed by atoms with van der Waals surface area (Å²) in [6, 6.07) is 9.75. The van der Waals surface area contributed by atoms with E-state index >= 15 is 0 Å². The zero-order valence-electron chi connectivity index (χ0n) is 21.4. The molecule has 0 spiro atoms. The number of anilines is 1. The second-order valence-corrected chi connectivity index (χ2v) is 10.5. The molecule has 12 heteroatoms. The minimum atomic E-state index is -3.07. The second kappa shape index (κ2) is 9.33. The number of aromatic nitrogens is 4. The van der Waals surface area contributed by atoms with Gasteiger partial charge in [-0.15, -0.1) is 0 Å². The smallest absolute Gasteiger partial charge is 0.317 e. The number of urea groups is 1. The van der Waals surface area contributed by atoms with Gasteiger partial charge in [0.05, 0.1) is 23.5 Å². The van der Waals surface area contributed by atoms with E-state index in [0.717, 1.165) is 18.1 Å². The highest BCUT2D eigenvalue weighted by Gasteiger charge is 2.36. The molecule has 9 nitrogen and oxygen atoms in total. The van der Waals surface area contributed by atoms with Crippen LogP contribution in [0.2, 0.25) is 5.02 Å². The first-order valence-electron chi connectivity index (χ1n) is 12.6. The molecule has 4 heterocycles. The summed E-state index contributed by atoms with van der Waals surface area (Å²) in [7, 11) is 1.61. The van der Waals surface area contributed by atoms with Gasteiger partial charge in [-0.1, -0.05) is 23.7 Å². The predicted octanol–water partition coefficient (Wildman–Crippen LogP) is 3.82. The van der Waals surface area contributed by atoms with Crippen molar-refractivity contribution in [2.24, 2.45) is 7.05 Å². The molecule has 2 aromatic heterocycles. The highest BCUT2D eigenvalue weighted by atomic mass is 35.5. The van der Waals surface area contributed by atoms with E-state index in [1.807, 2.05) is 17.0 Å². The van der Waals surface area contributed by atoms with E-state index in [2.05, 4.69) is 20.2 Å². The van der Waals surface area contributed by atoms with Crippen molar-refractivity contribution in [2.75, 3.05) is 31.1 Å². The van der Waals surface area contributed by atoms with Gasteiger partial charge in [0.1, 0.15) is 0 Å². The maximum Gasteiger partial charge on any atom is 0.317 e. The number of nitrogens with zero attached hydrogens (tertiary/aromatic N) is 6. The SMILES string of the molecule is Cn1c(=O)c2ccc(-c3cnc(N4CCN5C(=O)NC[C@H]5C4)nc3)cc2n1Cc1cc(Cl)ccc1C(C)(F)F. The third-order valence-corrected chi connectivity index (χ3v) is 7.74. The summed E-state index contributed by atoms with van der Waals surface area (Å²) in [6.45, 7) is 3.41. The number of alkyl halides is 2. The lowest BCUT2D eigenvalue weighted by Gasteiger charge is -2.36. The molecule has 2 amide bonds. The van der Waals surface area contributed by atoms with Crippen LogP contribution in [0.5, 0.6) is 0 Å². The predicted molar refractivity (Wildman–Crippen MR) is 144 cm³/mol. The van der Waals surface area contributed by atoms with Gasteiger partial charge >= 0.3 is 6.03 Å². The minimum Gasteiger partial charge on any atom is -0.337 e. The fourth-order valence-electron chi connectivity index (χ4n) is 5.44. The number of piperazine rings is 1. The number of rotatable bonds is 5. The first kappa shape index (κ1) is 25.3. The Morgan fingerprint density at radius 2 is 1.85 bits per heavy atom. The Morgan fingerprint density at radius 1 is 1.08 bits per heavy atom. The number of benzene rings is 2. The van der Waals surface area contributed by atoms with E-state index in [9.17, 15) is 18.4 Å². The number of carbonyl (C=O) groups is 1. The number of fused-ring (bicyclic) bond motifs is 2. The van der Waals surface area contributed by atoms with Crippen LogP contribution in [0.3, 0.4) is 0 Å². The third-order valence-electron chi connectivity index (χ3n) is 7.51. The summed E-state index contributed by atoms with van der Waals surface area (Å²) in [4.78, 5) is 37.9. The normalized spacial score (nSPS) is 17.6. The molecule has 0 saturated carbocycles. The molecule has 2 aromatic carbocycles. The maximum absolute atomic E-state index is 14.3. The number of hydrogen-bond donors (Lipinski definition) is 1. The van der Waals surface area contributed by atoms with Crippen molar-refractivity contribution in [3.05, 3.63) is 75.3 Å². The molecule has 0 unspecified atom stereocenters. The molecular weight excluding hydrogens is 528 g/mol. The fourth-order valence-corrected chi connectivity index (χ4v) is 5.64. The molecule has 0 bridgehead atoms. The van der Waals surface area contributed by atoms with Crippen LogP contribution >= 0.6 is 11.6 Å². The molecule has 202 valence electrons. The Morgan fingerprint density at radius 3 is 2.59 bits per heavy atom. The monoisotopic (exact) mass is 553 g/mol. The van der Waals surface area contributed by atoms with Gasteiger partial charge in [0, 0.05) is 68.7 Å². The van der Waals surface area contributed by atoms with Gasteiger partial charge in [0.15, 0.2) is 0 Å². The van der Waals surface area contributed by atoms with Crippen LogP contribution < -0.4 is 15.8 Å². The summed E-state index contributed by atoms with van der Waals surface area (Å²) in [5.74, 6) is -2.48. The average molecular weight is 554 g/mol. The van der Waals surface area contributed by atoms with Crippen molar-refractivity contribution in [2.45, 2.75) is 25.4 Å². The van der Waals surface area contributed by atoms with Crippen LogP contribution in [0.4, 0.5) is 19.5 Å². The summed E-state index contributed by atoms with van der Waals surface area (Å²) in [6.07, 6.45) is 3.46. The summed E-state index contributed by atoms with van der Waals surface area (Å²) >= 11 is 6.14. The first-order chi connectivity index (χ1) is 18.6. The zero-order chi connectivity index (χ0) is 27.5. The van der Waals surface area contributed by atoms with Gasteiger partial charge in [0.2, 0.25) is 5.95 Å². The van der Waals surface area contributed by atoms with Crippen molar-refractivity contribution >= 4 is 34.5 Å². The molecule has 2 saturated heterocycles. The molecular formula is C27H26ClF2N7O2. The molecule has 2 aliphatic rings. The Hall–Kier alpha value is -3.99. The highest BCUT2D eigenvalue weighted by molar-refractivity contribution is 6.30. The molecule has 1 N–H and O–H groups in total. The number of carbonyl (C=O) groups excluding carboxylic acids is 1. The Balaban J connectivity index is 1.32. The van der Waals surface area contributed by atoms with E-state index in [1.54, 1.807) is 30.2 Å². The molecule has 2 aliphatic heterocycles. The van der Waals surface area contributed by atoms with Gasteiger partial charge in [-0.2, -0.15) is 0 Å². The van der Waals surface area contributed by atoms with E-state index in [-0.39, 0.29) is 29.7 Å². The van der Waals surface area contributed by atoms with Crippen LogP contribution in [0.25, 0.3) is 22.0 Å². The third kappa shape index (κ3) is 4.50. The maximum atomic E-state index is 14.3. The lowest BCUT2D eigenvalue weighted by molar-refractivity contribution is 0.0164. The van der Waals surface area contributed by atoms with Crippen LogP contribution in [0, 0.1) is 0 Å². The van der Waals surface area contributed by atoms with Crippen molar-refractivity contribution in [1.82, 2.24) is 29.5 Å². The summed E-state index contributed by atoms with van der Waals surface area (Å²) < 4.78 is 31.8. The molecule has 4 aromatic rings. The Kier molecular flexibility index (Phi) is 6.05. The standard InChI is InChI=1S/C27H26ClF2N7O2/c1-27(29,30)22-6-4-19(28)9-17(22)14-37-23-10-16(3-5-21(23)24(38)34(37)2)18-11-31-25(32-12-18)35-7-8-36-20(15-35)13-33-26(36)39/h3-6,9-12,20H,7-8,13-15H2,1-2H3,(H,33,39)/t20-/m0/s1. The van der Waals surface area contributed by atoms with Gasteiger partial charge in [-0.3, -0.25) is 14.2 Å². The van der Waals surface area contributed by atoms with Crippen molar-refractivity contribution in [3.63, 3.8) is 0 Å². The second-order valence-electron chi connectivity index (χ2n) is 10.1. The van der Waals surface area contributed by atoms with Crippen molar-refractivity contribution in [3.8, 4) is 11.1 Å². The summed E-state index contributed by atoms with van der Waals surface area (Å²) in [5, 5.41) is 3.68. The first-order valence-corrected chi connectivity index (χ1v) is 13.0. The fraction of sp³-hybridized carbons (Fsp3) is 0.333. The summed E-state index contributed by atoms with van der Waals surface area (Å²) in [5.41, 5.74) is 2.11. The molecule has 1 atom stereocenters. The van der Waals surface area contributed by atoms with Gasteiger partial charge < -0.3 is 15.1 Å². The van der Waals surface area contributed by atoms with Gasteiger partial charge in [0.25, 0.3) is 11.5 Å². The highest BCUT2D eigenvalue weighted by Crippen LogP contribution is 2.33. The number of amides is 2. The minimum absolute atomic E-state index is 0.0271. The topological polar surface area (TPSA) is 88.3 Å². The average Bonchev–Trinajstić information content (AvgIpc) is 3.40. The number of nitrogens with one attached hydrogen (secondary N) is 1. The van der Waals surface area contributed by atoms with Crippen LogP contribution in [0.1, 0.15) is 18.1 Å². The van der Waals surface area contributed by atoms with Crippen molar-refractivity contribution < 1.29 is 13.6 Å². The number of hydrogen-bond acceptors (Lipinski definition) is 5. The van der Waals surface area contributed by atoms with E-state index in [0.29, 0.717) is 53.6 Å². The number of halogens is 3. The van der Waals surface area contributed by atoms with E-state index in [1.165, 1.54) is 22.9 Å². The zero-order valence-corrected chi connectivity index (χ0v) is 22.1. The molecule has 2 fully saturated rings. The van der Waals surface area contributed by atoms with E-state index < -0.39 is 5.92 Å².